The lowest BCUT2D eigenvalue weighted by Crippen LogP contribution is -2.17. The predicted molar refractivity (Wildman–Crippen MR) is 93.7 cm³/mol. The number of hydrogen-bond acceptors (Lipinski definition) is 5. The first-order valence-electron chi connectivity index (χ1n) is 7.48. The zero-order valence-corrected chi connectivity index (χ0v) is 13.4. The van der Waals surface area contributed by atoms with Gasteiger partial charge in [-0.1, -0.05) is 24.3 Å². The molecule has 0 aliphatic rings. The van der Waals surface area contributed by atoms with Crippen LogP contribution in [0.1, 0.15) is 16.1 Å². The molecule has 25 heavy (non-hydrogen) atoms. The average Bonchev–Trinajstić information content (AvgIpc) is 3.12. The number of rotatable bonds is 5. The number of H-pyrrole nitrogens is 1. The number of carbonyl (C=O) groups is 1. The fourth-order valence-corrected chi connectivity index (χ4v) is 2.20. The summed E-state index contributed by atoms with van der Waals surface area (Å²) in [5.74, 6) is 0.423. The van der Waals surface area contributed by atoms with Crippen LogP contribution in [0.4, 0.5) is 0 Å². The third kappa shape index (κ3) is 4.03. The molecule has 0 saturated carbocycles. The first-order chi connectivity index (χ1) is 12.2. The molecule has 0 aliphatic heterocycles. The van der Waals surface area contributed by atoms with E-state index in [1.807, 2.05) is 24.3 Å². The van der Waals surface area contributed by atoms with Gasteiger partial charge in [-0.2, -0.15) is 10.2 Å². The molecule has 0 saturated heterocycles. The van der Waals surface area contributed by atoms with Crippen LogP contribution in [0.2, 0.25) is 0 Å². The van der Waals surface area contributed by atoms with Gasteiger partial charge in [-0.15, -0.1) is 0 Å². The minimum atomic E-state index is -0.418. The summed E-state index contributed by atoms with van der Waals surface area (Å²) in [5.41, 5.74) is 4.82. The second kappa shape index (κ2) is 7.31. The molecule has 0 fully saturated rings. The number of hydrogen-bond donors (Lipinski definition) is 3. The van der Waals surface area contributed by atoms with E-state index in [0.717, 1.165) is 5.56 Å². The fourth-order valence-electron chi connectivity index (χ4n) is 2.20. The Morgan fingerprint density at radius 1 is 1.24 bits per heavy atom. The second-order valence-electron chi connectivity index (χ2n) is 5.19. The molecule has 0 atom stereocenters. The third-order valence-electron chi connectivity index (χ3n) is 3.44. The number of phenols is 1. The van der Waals surface area contributed by atoms with E-state index < -0.39 is 5.91 Å². The highest BCUT2D eigenvalue weighted by molar-refractivity contribution is 5.94. The van der Waals surface area contributed by atoms with Crippen LogP contribution in [0.3, 0.4) is 0 Å². The van der Waals surface area contributed by atoms with Crippen LogP contribution in [0.25, 0.3) is 11.3 Å². The number of aromatic amines is 1. The van der Waals surface area contributed by atoms with Crippen molar-refractivity contribution in [3.05, 3.63) is 65.9 Å². The molecule has 7 heteroatoms. The lowest BCUT2D eigenvalue weighted by Gasteiger charge is -2.00. The molecule has 0 aliphatic carbocycles. The van der Waals surface area contributed by atoms with Gasteiger partial charge in [0.2, 0.25) is 0 Å². The van der Waals surface area contributed by atoms with Crippen molar-refractivity contribution in [2.45, 2.75) is 0 Å². The Balaban J connectivity index is 1.68. The molecular formula is C18H16N4O3. The number of aromatic hydroxyl groups is 1. The van der Waals surface area contributed by atoms with E-state index in [-0.39, 0.29) is 11.4 Å². The van der Waals surface area contributed by atoms with E-state index in [0.29, 0.717) is 17.0 Å². The van der Waals surface area contributed by atoms with Crippen molar-refractivity contribution in [2.24, 2.45) is 5.10 Å². The molecule has 0 bridgehead atoms. The molecule has 126 valence electrons. The van der Waals surface area contributed by atoms with Gasteiger partial charge >= 0.3 is 0 Å². The lowest BCUT2D eigenvalue weighted by molar-refractivity contribution is 0.0950. The normalized spacial score (nSPS) is 10.8. The standard InChI is InChI=1S/C18H16N4O3/c1-25-15-7-3-5-13(9-15)16-10-17(21-20-16)18(24)22-19-11-12-4-2-6-14(23)8-12/h2-11,23H,1H3,(H,20,21)(H,22,24)/b19-11+. The molecule has 1 amide bonds. The summed E-state index contributed by atoms with van der Waals surface area (Å²) < 4.78 is 5.18. The molecule has 2 aromatic carbocycles. The highest BCUT2D eigenvalue weighted by Crippen LogP contribution is 2.22. The Morgan fingerprint density at radius 3 is 2.88 bits per heavy atom. The number of carbonyl (C=O) groups excluding carboxylic acids is 1. The zero-order chi connectivity index (χ0) is 17.6. The number of hydrazone groups is 1. The molecule has 0 spiro atoms. The zero-order valence-electron chi connectivity index (χ0n) is 13.4. The molecular weight excluding hydrogens is 320 g/mol. The fraction of sp³-hybridized carbons (Fsp3) is 0.0556. The average molecular weight is 336 g/mol. The number of ether oxygens (including phenoxy) is 1. The van der Waals surface area contributed by atoms with Crippen LogP contribution in [-0.2, 0) is 0 Å². The molecule has 3 N–H and O–H groups in total. The van der Waals surface area contributed by atoms with Crippen molar-refractivity contribution in [1.82, 2.24) is 15.6 Å². The van der Waals surface area contributed by atoms with Crippen molar-refractivity contribution in [1.29, 1.82) is 0 Å². The Hall–Kier alpha value is -3.61. The van der Waals surface area contributed by atoms with Crippen molar-refractivity contribution in [2.75, 3.05) is 7.11 Å². The van der Waals surface area contributed by atoms with Crippen LogP contribution < -0.4 is 10.2 Å². The maximum atomic E-state index is 12.1. The van der Waals surface area contributed by atoms with Gasteiger partial charge in [-0.3, -0.25) is 9.89 Å². The molecule has 0 unspecified atom stereocenters. The summed E-state index contributed by atoms with van der Waals surface area (Å²) in [5, 5.41) is 20.1. The quantitative estimate of drug-likeness (QED) is 0.492. The number of aromatic nitrogens is 2. The summed E-state index contributed by atoms with van der Waals surface area (Å²) in [6.07, 6.45) is 1.44. The van der Waals surface area contributed by atoms with E-state index in [2.05, 4.69) is 20.7 Å². The van der Waals surface area contributed by atoms with Crippen LogP contribution in [0.15, 0.2) is 59.7 Å². The molecule has 7 nitrogen and oxygen atoms in total. The van der Waals surface area contributed by atoms with Gasteiger partial charge in [0, 0.05) is 5.56 Å². The number of nitrogens with zero attached hydrogens (tertiary/aromatic N) is 2. The van der Waals surface area contributed by atoms with Gasteiger partial charge in [0.1, 0.15) is 17.2 Å². The number of nitrogens with one attached hydrogen (secondary N) is 2. The lowest BCUT2D eigenvalue weighted by atomic mass is 10.1. The summed E-state index contributed by atoms with van der Waals surface area (Å²) in [6, 6.07) is 15.6. The maximum absolute atomic E-state index is 12.1. The van der Waals surface area contributed by atoms with E-state index in [9.17, 15) is 9.90 Å². The Bertz CT molecular complexity index is 918. The van der Waals surface area contributed by atoms with E-state index in [1.165, 1.54) is 12.3 Å². The maximum Gasteiger partial charge on any atom is 0.289 e. The molecule has 0 radical (unpaired) electrons. The number of amides is 1. The van der Waals surface area contributed by atoms with Gasteiger partial charge in [0.05, 0.1) is 19.0 Å². The van der Waals surface area contributed by atoms with Gasteiger partial charge in [-0.05, 0) is 35.9 Å². The molecule has 3 aromatic rings. The first kappa shape index (κ1) is 16.3. The van der Waals surface area contributed by atoms with Crippen molar-refractivity contribution in [3.63, 3.8) is 0 Å². The minimum absolute atomic E-state index is 0.131. The van der Waals surface area contributed by atoms with Crippen molar-refractivity contribution in [3.8, 4) is 22.8 Å². The summed E-state index contributed by atoms with van der Waals surface area (Å²) in [6.45, 7) is 0. The summed E-state index contributed by atoms with van der Waals surface area (Å²) >= 11 is 0. The first-order valence-corrected chi connectivity index (χ1v) is 7.48. The van der Waals surface area contributed by atoms with E-state index >= 15 is 0 Å². The molecule has 3 rings (SSSR count). The predicted octanol–water partition coefficient (Wildman–Crippen LogP) is 2.55. The van der Waals surface area contributed by atoms with Crippen molar-refractivity contribution >= 4 is 12.1 Å². The van der Waals surface area contributed by atoms with Gasteiger partial charge in [0.15, 0.2) is 0 Å². The number of benzene rings is 2. The molecule has 1 heterocycles. The Morgan fingerprint density at radius 2 is 2.08 bits per heavy atom. The second-order valence-corrected chi connectivity index (χ2v) is 5.19. The number of methoxy groups -OCH3 is 1. The third-order valence-corrected chi connectivity index (χ3v) is 3.44. The van der Waals surface area contributed by atoms with Crippen LogP contribution in [0.5, 0.6) is 11.5 Å². The highest BCUT2D eigenvalue weighted by Gasteiger charge is 2.10. The van der Waals surface area contributed by atoms with E-state index in [1.54, 1.807) is 31.4 Å². The smallest absolute Gasteiger partial charge is 0.289 e. The monoisotopic (exact) mass is 336 g/mol. The topological polar surface area (TPSA) is 99.6 Å². The van der Waals surface area contributed by atoms with Gasteiger partial charge < -0.3 is 9.84 Å². The van der Waals surface area contributed by atoms with E-state index in [4.69, 9.17) is 4.74 Å². The van der Waals surface area contributed by atoms with Crippen LogP contribution >= 0.6 is 0 Å². The summed E-state index contributed by atoms with van der Waals surface area (Å²) in [4.78, 5) is 12.1. The number of phenolic OH excluding ortho intramolecular Hbond substituents is 1. The largest absolute Gasteiger partial charge is 0.508 e. The minimum Gasteiger partial charge on any atom is -0.508 e. The SMILES string of the molecule is COc1cccc(-c2cc(C(=O)N/N=C/c3cccc(O)c3)[nH]n2)c1. The van der Waals surface area contributed by atoms with Gasteiger partial charge in [0.25, 0.3) is 5.91 Å². The Labute approximate surface area is 144 Å². The van der Waals surface area contributed by atoms with Gasteiger partial charge in [-0.25, -0.2) is 5.43 Å². The summed E-state index contributed by atoms with van der Waals surface area (Å²) in [7, 11) is 1.59. The molecule has 1 aromatic heterocycles. The Kier molecular flexibility index (Phi) is 4.75. The van der Waals surface area contributed by atoms with Crippen molar-refractivity contribution < 1.29 is 14.6 Å². The van der Waals surface area contributed by atoms with Crippen LogP contribution in [0, 0.1) is 0 Å². The highest BCUT2D eigenvalue weighted by atomic mass is 16.5. The van der Waals surface area contributed by atoms with Crippen LogP contribution in [-0.4, -0.2) is 34.5 Å².